The zero-order chi connectivity index (χ0) is 15.5. The molecule has 0 atom stereocenters. The van der Waals surface area contributed by atoms with E-state index in [0.717, 1.165) is 28.3 Å². The first-order valence-corrected chi connectivity index (χ1v) is 7.14. The van der Waals surface area contributed by atoms with Gasteiger partial charge in [0, 0.05) is 37.1 Å². The van der Waals surface area contributed by atoms with E-state index in [0.29, 0.717) is 0 Å². The van der Waals surface area contributed by atoms with Crippen LogP contribution in [0.25, 0.3) is 10.8 Å². The van der Waals surface area contributed by atoms with Gasteiger partial charge in [0.05, 0.1) is 7.11 Å². The molecule has 0 unspecified atom stereocenters. The van der Waals surface area contributed by atoms with Crippen molar-refractivity contribution in [3.63, 3.8) is 0 Å². The number of ether oxygens (including phenoxy) is 1. The zero-order valence-corrected chi connectivity index (χ0v) is 13.0. The van der Waals surface area contributed by atoms with Crippen molar-refractivity contribution in [1.29, 1.82) is 0 Å². The Morgan fingerprint density at radius 1 is 0.955 bits per heavy atom. The van der Waals surface area contributed by atoms with Crippen LogP contribution in [0.4, 0.5) is 17.2 Å². The van der Waals surface area contributed by atoms with E-state index in [1.54, 1.807) is 7.11 Å². The van der Waals surface area contributed by atoms with Crippen molar-refractivity contribution in [3.05, 3.63) is 54.7 Å². The number of fused-ring (bicyclic) bond motifs is 1. The van der Waals surface area contributed by atoms with E-state index in [1.807, 2.05) is 55.5 Å². The molecule has 0 saturated heterocycles. The first-order valence-electron chi connectivity index (χ1n) is 7.14. The fraction of sp³-hybridized carbons (Fsp3) is 0.167. The predicted molar refractivity (Wildman–Crippen MR) is 92.3 cm³/mol. The van der Waals surface area contributed by atoms with Crippen molar-refractivity contribution in [3.8, 4) is 5.75 Å². The maximum Gasteiger partial charge on any atom is 0.135 e. The molecule has 4 nitrogen and oxygen atoms in total. The van der Waals surface area contributed by atoms with E-state index in [9.17, 15) is 0 Å². The number of rotatable bonds is 4. The highest BCUT2D eigenvalue weighted by atomic mass is 16.5. The van der Waals surface area contributed by atoms with Crippen LogP contribution in [0.1, 0.15) is 0 Å². The average Bonchev–Trinajstić information content (AvgIpc) is 2.55. The summed E-state index contributed by atoms with van der Waals surface area (Å²) in [5, 5.41) is 5.72. The minimum absolute atomic E-state index is 0.850. The lowest BCUT2D eigenvalue weighted by atomic mass is 10.1. The van der Waals surface area contributed by atoms with Gasteiger partial charge >= 0.3 is 0 Å². The second-order valence-electron chi connectivity index (χ2n) is 5.32. The number of nitrogens with zero attached hydrogens (tertiary/aromatic N) is 2. The number of benzene rings is 2. The van der Waals surface area contributed by atoms with E-state index in [4.69, 9.17) is 4.74 Å². The average molecular weight is 293 g/mol. The van der Waals surface area contributed by atoms with Crippen LogP contribution in [0.3, 0.4) is 0 Å². The monoisotopic (exact) mass is 293 g/mol. The van der Waals surface area contributed by atoms with Crippen LogP contribution >= 0.6 is 0 Å². The lowest BCUT2D eigenvalue weighted by Crippen LogP contribution is -2.10. The number of hydrogen-bond acceptors (Lipinski definition) is 4. The van der Waals surface area contributed by atoms with E-state index in [2.05, 4.69) is 28.5 Å². The summed E-state index contributed by atoms with van der Waals surface area (Å²) in [5.41, 5.74) is 2.06. The molecule has 0 bridgehead atoms. The van der Waals surface area contributed by atoms with Crippen LogP contribution in [0.2, 0.25) is 0 Å². The molecule has 0 saturated carbocycles. The second-order valence-corrected chi connectivity index (χ2v) is 5.32. The molecule has 112 valence electrons. The molecule has 2 aromatic carbocycles. The van der Waals surface area contributed by atoms with Crippen LogP contribution in [0.5, 0.6) is 5.75 Å². The van der Waals surface area contributed by atoms with Gasteiger partial charge in [0.15, 0.2) is 0 Å². The maximum atomic E-state index is 5.18. The van der Waals surface area contributed by atoms with Gasteiger partial charge in [-0.25, -0.2) is 4.98 Å². The quantitative estimate of drug-likeness (QED) is 0.787. The van der Waals surface area contributed by atoms with Crippen molar-refractivity contribution < 1.29 is 4.74 Å². The first kappa shape index (κ1) is 14.2. The number of nitrogens with one attached hydrogen (secondary N) is 1. The standard InChI is InChI=1S/C18H19N3O/c1-21(2)18-17-12-15(5-4-13(17)10-11-19-18)20-14-6-8-16(22-3)9-7-14/h4-12,20H,1-3H3. The summed E-state index contributed by atoms with van der Waals surface area (Å²) in [7, 11) is 5.68. The molecule has 0 aliphatic rings. The molecule has 1 aromatic heterocycles. The van der Waals surface area contributed by atoms with Gasteiger partial charge < -0.3 is 15.0 Å². The Morgan fingerprint density at radius 3 is 2.36 bits per heavy atom. The van der Waals surface area contributed by atoms with Crippen LogP contribution in [-0.2, 0) is 0 Å². The van der Waals surface area contributed by atoms with Gasteiger partial charge in [0.25, 0.3) is 0 Å². The minimum atomic E-state index is 0.850. The third kappa shape index (κ3) is 2.81. The Labute approximate surface area is 130 Å². The van der Waals surface area contributed by atoms with Crippen LogP contribution in [0.15, 0.2) is 54.7 Å². The summed E-state index contributed by atoms with van der Waals surface area (Å²) in [5.74, 6) is 1.82. The van der Waals surface area contributed by atoms with Gasteiger partial charge in [-0.15, -0.1) is 0 Å². The molecule has 1 heterocycles. The summed E-state index contributed by atoms with van der Waals surface area (Å²) in [6.45, 7) is 0. The highest BCUT2D eigenvalue weighted by molar-refractivity contribution is 5.94. The fourth-order valence-corrected chi connectivity index (χ4v) is 2.43. The van der Waals surface area contributed by atoms with Crippen molar-refractivity contribution in [2.45, 2.75) is 0 Å². The summed E-state index contributed by atoms with van der Waals surface area (Å²) < 4.78 is 5.18. The van der Waals surface area contributed by atoms with Gasteiger partial charge in [0.1, 0.15) is 11.6 Å². The lowest BCUT2D eigenvalue weighted by molar-refractivity contribution is 0.415. The van der Waals surface area contributed by atoms with Gasteiger partial charge in [-0.1, -0.05) is 6.07 Å². The minimum Gasteiger partial charge on any atom is -0.497 e. The Morgan fingerprint density at radius 2 is 1.68 bits per heavy atom. The van der Waals surface area contributed by atoms with Gasteiger partial charge in [0.2, 0.25) is 0 Å². The summed E-state index contributed by atoms with van der Waals surface area (Å²) in [6, 6.07) is 16.2. The maximum absolute atomic E-state index is 5.18. The third-order valence-corrected chi connectivity index (χ3v) is 3.55. The fourth-order valence-electron chi connectivity index (χ4n) is 2.43. The highest BCUT2D eigenvalue weighted by Crippen LogP contribution is 2.28. The van der Waals surface area contributed by atoms with Gasteiger partial charge in [-0.05, 0) is 47.9 Å². The third-order valence-electron chi connectivity index (χ3n) is 3.55. The number of aromatic nitrogens is 1. The molecular formula is C18H19N3O. The molecule has 3 aromatic rings. The normalized spacial score (nSPS) is 10.5. The molecule has 4 heteroatoms. The molecule has 0 spiro atoms. The van der Waals surface area contributed by atoms with E-state index in [1.165, 1.54) is 5.39 Å². The molecule has 22 heavy (non-hydrogen) atoms. The number of pyridine rings is 1. The molecular weight excluding hydrogens is 274 g/mol. The van der Waals surface area contributed by atoms with E-state index >= 15 is 0 Å². The topological polar surface area (TPSA) is 37.4 Å². The highest BCUT2D eigenvalue weighted by Gasteiger charge is 2.05. The Bertz CT molecular complexity index is 782. The van der Waals surface area contributed by atoms with Crippen molar-refractivity contribution in [2.75, 3.05) is 31.4 Å². The SMILES string of the molecule is COc1ccc(Nc2ccc3ccnc(N(C)C)c3c2)cc1. The zero-order valence-electron chi connectivity index (χ0n) is 13.0. The molecule has 0 amide bonds. The largest absolute Gasteiger partial charge is 0.497 e. The summed E-state index contributed by atoms with van der Waals surface area (Å²) in [6.07, 6.45) is 1.84. The van der Waals surface area contributed by atoms with Crippen LogP contribution in [-0.4, -0.2) is 26.2 Å². The smallest absolute Gasteiger partial charge is 0.135 e. The molecule has 0 fully saturated rings. The van der Waals surface area contributed by atoms with E-state index < -0.39 is 0 Å². The van der Waals surface area contributed by atoms with Crippen molar-refractivity contribution >= 4 is 28.0 Å². The number of methoxy groups -OCH3 is 1. The molecule has 3 rings (SSSR count). The number of hydrogen-bond donors (Lipinski definition) is 1. The summed E-state index contributed by atoms with van der Waals surface area (Å²) >= 11 is 0. The predicted octanol–water partition coefficient (Wildman–Crippen LogP) is 4.05. The van der Waals surface area contributed by atoms with Crippen molar-refractivity contribution in [2.24, 2.45) is 0 Å². The Balaban J connectivity index is 1.95. The molecule has 1 N–H and O–H groups in total. The molecule has 0 aliphatic carbocycles. The van der Waals surface area contributed by atoms with Crippen LogP contribution < -0.4 is 15.0 Å². The molecule has 0 aliphatic heterocycles. The first-order chi connectivity index (χ1) is 10.7. The molecule has 0 radical (unpaired) electrons. The van der Waals surface area contributed by atoms with Gasteiger partial charge in [-0.3, -0.25) is 0 Å². The van der Waals surface area contributed by atoms with Crippen molar-refractivity contribution in [1.82, 2.24) is 4.98 Å². The number of anilines is 3. The summed E-state index contributed by atoms with van der Waals surface area (Å²) in [4.78, 5) is 6.49. The Kier molecular flexibility index (Phi) is 3.83. The second kappa shape index (κ2) is 5.93. The van der Waals surface area contributed by atoms with Crippen LogP contribution in [0, 0.1) is 0 Å². The van der Waals surface area contributed by atoms with Gasteiger partial charge in [-0.2, -0.15) is 0 Å². The lowest BCUT2D eigenvalue weighted by Gasteiger charge is -2.15. The Hall–Kier alpha value is -2.75. The van der Waals surface area contributed by atoms with E-state index in [-0.39, 0.29) is 0 Å².